The molecule has 1 aliphatic rings. The topological polar surface area (TPSA) is 49.6 Å². The summed E-state index contributed by atoms with van der Waals surface area (Å²) in [4.78, 5) is 10.5. The Bertz CT molecular complexity index is 3010. The molecule has 1 heterocycles. The molecule has 0 amide bonds. The van der Waals surface area contributed by atoms with E-state index in [0.717, 1.165) is 61.1 Å². The number of rotatable bonds is 5. The van der Waals surface area contributed by atoms with Crippen LogP contribution in [0.15, 0.2) is 176 Å². The fourth-order valence-electron chi connectivity index (χ4n) is 8.42. The maximum Gasteiger partial charge on any atom is 0.160 e. The zero-order valence-electron chi connectivity index (χ0n) is 30.6. The minimum Gasteiger partial charge on any atom is -0.228 e. The maximum absolute atomic E-state index is 9.31. The highest BCUT2D eigenvalue weighted by molar-refractivity contribution is 5.99. The summed E-state index contributed by atoms with van der Waals surface area (Å²) in [6.07, 6.45) is 0. The first kappa shape index (κ1) is 32.5. The predicted octanol–water partition coefficient (Wildman–Crippen LogP) is 13.3. The molecule has 0 fully saturated rings. The van der Waals surface area contributed by atoms with E-state index in [1.54, 1.807) is 0 Å². The van der Waals surface area contributed by atoms with Crippen LogP contribution in [0.1, 0.15) is 30.5 Å². The van der Waals surface area contributed by atoms with Crippen molar-refractivity contribution in [2.45, 2.75) is 19.3 Å². The first-order valence-electron chi connectivity index (χ1n) is 18.7. The van der Waals surface area contributed by atoms with Crippen molar-refractivity contribution in [3.63, 3.8) is 0 Å². The Hall–Kier alpha value is -7.15. The van der Waals surface area contributed by atoms with Crippen molar-refractivity contribution >= 4 is 21.5 Å². The Morgan fingerprint density at radius 3 is 1.75 bits per heavy atom. The Labute approximate surface area is 320 Å². The summed E-state index contributed by atoms with van der Waals surface area (Å²) in [6, 6.07) is 64.3. The lowest BCUT2D eigenvalue weighted by atomic mass is 9.81. The van der Waals surface area contributed by atoms with Gasteiger partial charge in [-0.3, -0.25) is 0 Å². The fourth-order valence-corrected chi connectivity index (χ4v) is 8.42. The molecule has 8 aromatic carbocycles. The molecule has 0 atom stereocenters. The average Bonchev–Trinajstić information content (AvgIpc) is 3.47. The summed E-state index contributed by atoms with van der Waals surface area (Å²) >= 11 is 0. The van der Waals surface area contributed by atoms with Gasteiger partial charge in [0.1, 0.15) is 0 Å². The quantitative estimate of drug-likeness (QED) is 0.179. The van der Waals surface area contributed by atoms with Gasteiger partial charge in [0.05, 0.1) is 23.0 Å². The van der Waals surface area contributed by atoms with Gasteiger partial charge in [0.25, 0.3) is 0 Å². The van der Waals surface area contributed by atoms with Gasteiger partial charge < -0.3 is 0 Å². The molecule has 0 spiro atoms. The van der Waals surface area contributed by atoms with Crippen molar-refractivity contribution in [3.8, 4) is 73.4 Å². The van der Waals surface area contributed by atoms with Crippen LogP contribution in [0, 0.1) is 11.3 Å². The number of nitrogens with zero attached hydrogens (tertiary/aromatic N) is 3. The molecular formula is C52H35N3. The highest BCUT2D eigenvalue weighted by atomic mass is 14.9. The number of hydrogen-bond donors (Lipinski definition) is 0. The van der Waals surface area contributed by atoms with Crippen molar-refractivity contribution in [2.75, 3.05) is 0 Å². The lowest BCUT2D eigenvalue weighted by Gasteiger charge is -2.22. The molecule has 0 saturated carbocycles. The first-order valence-corrected chi connectivity index (χ1v) is 18.7. The summed E-state index contributed by atoms with van der Waals surface area (Å²) in [5.41, 5.74) is 15.2. The number of benzene rings is 8. The lowest BCUT2D eigenvalue weighted by Crippen LogP contribution is -2.14. The second kappa shape index (κ2) is 12.8. The number of nitriles is 1. The van der Waals surface area contributed by atoms with Crippen LogP contribution >= 0.6 is 0 Å². The van der Waals surface area contributed by atoms with Crippen molar-refractivity contribution in [2.24, 2.45) is 0 Å². The molecular weight excluding hydrogens is 667 g/mol. The minimum atomic E-state index is -0.150. The zero-order chi connectivity index (χ0) is 37.1. The van der Waals surface area contributed by atoms with Gasteiger partial charge in [-0.1, -0.05) is 147 Å². The van der Waals surface area contributed by atoms with E-state index in [2.05, 4.69) is 153 Å². The van der Waals surface area contributed by atoms with E-state index in [-0.39, 0.29) is 5.41 Å². The first-order chi connectivity index (χ1) is 26.9. The third-order valence-electron chi connectivity index (χ3n) is 11.3. The van der Waals surface area contributed by atoms with Crippen LogP contribution in [0.4, 0.5) is 0 Å². The zero-order valence-corrected chi connectivity index (χ0v) is 30.6. The van der Waals surface area contributed by atoms with E-state index in [0.29, 0.717) is 11.4 Å². The molecule has 0 bridgehead atoms. The third kappa shape index (κ3) is 5.50. The number of fused-ring (bicyclic) bond motifs is 5. The molecule has 3 nitrogen and oxygen atoms in total. The van der Waals surface area contributed by atoms with Crippen LogP contribution in [-0.4, -0.2) is 9.97 Å². The van der Waals surface area contributed by atoms with Gasteiger partial charge in [0.2, 0.25) is 0 Å². The predicted molar refractivity (Wildman–Crippen MR) is 227 cm³/mol. The number of aromatic nitrogens is 2. The minimum absolute atomic E-state index is 0.150. The summed E-state index contributed by atoms with van der Waals surface area (Å²) < 4.78 is 0. The Balaban J connectivity index is 1.10. The maximum atomic E-state index is 9.31. The van der Waals surface area contributed by atoms with Gasteiger partial charge in [-0.25, -0.2) is 9.97 Å². The van der Waals surface area contributed by atoms with Crippen molar-refractivity contribution in [1.82, 2.24) is 9.97 Å². The van der Waals surface area contributed by atoms with Crippen molar-refractivity contribution < 1.29 is 0 Å². The Kier molecular flexibility index (Phi) is 7.54. The highest BCUT2D eigenvalue weighted by Crippen LogP contribution is 2.53. The summed E-state index contributed by atoms with van der Waals surface area (Å²) in [5.74, 6) is 0.705. The molecule has 0 saturated heterocycles. The second-order valence-electron chi connectivity index (χ2n) is 14.9. The van der Waals surface area contributed by atoms with Gasteiger partial charge in [-0.15, -0.1) is 0 Å². The van der Waals surface area contributed by atoms with Gasteiger partial charge >= 0.3 is 0 Å². The van der Waals surface area contributed by atoms with Crippen LogP contribution in [-0.2, 0) is 5.41 Å². The second-order valence-corrected chi connectivity index (χ2v) is 14.9. The molecule has 9 aromatic rings. The molecule has 55 heavy (non-hydrogen) atoms. The lowest BCUT2D eigenvalue weighted by molar-refractivity contribution is 0.661. The molecule has 0 N–H and O–H groups in total. The fraction of sp³-hybridized carbons (Fsp3) is 0.0577. The molecule has 1 aliphatic carbocycles. The third-order valence-corrected chi connectivity index (χ3v) is 11.3. The van der Waals surface area contributed by atoms with E-state index in [1.807, 2.05) is 42.5 Å². The van der Waals surface area contributed by atoms with Crippen molar-refractivity contribution in [1.29, 1.82) is 5.26 Å². The Morgan fingerprint density at radius 2 is 1.00 bits per heavy atom. The summed E-state index contributed by atoms with van der Waals surface area (Å²) in [6.45, 7) is 4.67. The van der Waals surface area contributed by atoms with Gasteiger partial charge in [-0.2, -0.15) is 5.26 Å². The van der Waals surface area contributed by atoms with E-state index in [1.165, 1.54) is 33.0 Å². The monoisotopic (exact) mass is 701 g/mol. The molecule has 1 aromatic heterocycles. The van der Waals surface area contributed by atoms with E-state index in [9.17, 15) is 5.26 Å². The Morgan fingerprint density at radius 1 is 0.418 bits per heavy atom. The standard InChI is InChI=1S/C52H35N3/c1-52(2)46-18-10-17-44(50(46)45-29-36-13-6-7-14-37(36)30-47(45)52)49-31-48(54-51(55-49)35-11-4-3-5-12-35)41-26-24-38-27-40(25-23-39(38)28-41)43-16-9-8-15-42(43)34-21-19-33(32-53)20-22-34/h3-31H,1-2H3. The highest BCUT2D eigenvalue weighted by Gasteiger charge is 2.37. The molecule has 258 valence electrons. The summed E-state index contributed by atoms with van der Waals surface area (Å²) in [7, 11) is 0. The summed E-state index contributed by atoms with van der Waals surface area (Å²) in [5, 5.41) is 14.1. The van der Waals surface area contributed by atoms with Crippen molar-refractivity contribution in [3.05, 3.63) is 193 Å². The van der Waals surface area contributed by atoms with Crippen LogP contribution in [0.2, 0.25) is 0 Å². The normalized spacial score (nSPS) is 12.7. The van der Waals surface area contributed by atoms with E-state index < -0.39 is 0 Å². The van der Waals surface area contributed by atoms with Gasteiger partial charge in [-0.05, 0) is 109 Å². The van der Waals surface area contributed by atoms with Crippen LogP contribution in [0.5, 0.6) is 0 Å². The van der Waals surface area contributed by atoms with E-state index in [4.69, 9.17) is 9.97 Å². The molecule has 0 unspecified atom stereocenters. The average molecular weight is 702 g/mol. The van der Waals surface area contributed by atoms with Gasteiger partial charge in [0.15, 0.2) is 5.82 Å². The largest absolute Gasteiger partial charge is 0.228 e. The molecule has 0 radical (unpaired) electrons. The molecule has 0 aliphatic heterocycles. The smallest absolute Gasteiger partial charge is 0.160 e. The number of hydrogen-bond acceptors (Lipinski definition) is 3. The van der Waals surface area contributed by atoms with Crippen LogP contribution < -0.4 is 0 Å². The van der Waals surface area contributed by atoms with Crippen LogP contribution in [0.25, 0.3) is 88.8 Å². The SMILES string of the molecule is CC1(C)c2cc3ccccc3cc2-c2c(-c3cc(-c4ccc5cc(-c6ccccc6-c6ccc(C#N)cc6)ccc5c4)nc(-c4ccccc4)n3)cccc21. The van der Waals surface area contributed by atoms with E-state index >= 15 is 0 Å². The van der Waals surface area contributed by atoms with Gasteiger partial charge in [0, 0.05) is 22.1 Å². The van der Waals surface area contributed by atoms with Crippen LogP contribution in [0.3, 0.4) is 0 Å². The molecule has 10 rings (SSSR count). The molecule has 3 heteroatoms.